The number of hydrogen-bond acceptors (Lipinski definition) is 4. The summed E-state index contributed by atoms with van der Waals surface area (Å²) >= 11 is 5.24. The van der Waals surface area contributed by atoms with Gasteiger partial charge in [-0.15, -0.1) is 5.10 Å². The van der Waals surface area contributed by atoms with E-state index in [0.29, 0.717) is 11.3 Å². The van der Waals surface area contributed by atoms with Gasteiger partial charge in [-0.2, -0.15) is 0 Å². The van der Waals surface area contributed by atoms with Crippen LogP contribution >= 0.6 is 12.2 Å². The van der Waals surface area contributed by atoms with Gasteiger partial charge in [-0.25, -0.2) is 5.10 Å². The summed E-state index contributed by atoms with van der Waals surface area (Å²) in [5.41, 5.74) is 1.00. The maximum atomic E-state index is 5.24. The first-order valence-corrected chi connectivity index (χ1v) is 6.28. The molecular formula is C12H17N5S. The Balaban J connectivity index is 2.24. The molecule has 0 fully saturated rings. The molecule has 6 heteroatoms. The minimum Gasteiger partial charge on any atom is -0.338 e. The van der Waals surface area contributed by atoms with Crippen LogP contribution in [0.2, 0.25) is 0 Å². The smallest absolute Gasteiger partial charge is 0.226 e. The first-order valence-electron chi connectivity index (χ1n) is 5.87. The summed E-state index contributed by atoms with van der Waals surface area (Å²) in [4.78, 5) is 6.35. The number of aromatic amines is 1. The van der Waals surface area contributed by atoms with Gasteiger partial charge in [0, 0.05) is 19.3 Å². The molecule has 5 nitrogen and oxygen atoms in total. The van der Waals surface area contributed by atoms with E-state index in [9.17, 15) is 0 Å². The van der Waals surface area contributed by atoms with Crippen LogP contribution in [0.5, 0.6) is 0 Å². The molecule has 0 aliphatic heterocycles. The highest BCUT2D eigenvalue weighted by molar-refractivity contribution is 7.71. The van der Waals surface area contributed by atoms with Crippen LogP contribution in [-0.2, 0) is 6.54 Å². The molecule has 18 heavy (non-hydrogen) atoms. The van der Waals surface area contributed by atoms with E-state index in [1.54, 1.807) is 6.20 Å². The Hall–Kier alpha value is -1.69. The largest absolute Gasteiger partial charge is 0.338 e. The van der Waals surface area contributed by atoms with Crippen LogP contribution in [0.4, 0.5) is 5.95 Å². The standard InChI is InChI=1S/C12H17N5S/c1-9(2)17-11(14-15-12(17)18)16(3)8-10-6-4-5-7-13-10/h4-7,9H,8H2,1-3H3,(H,15,18). The number of H-pyrrole nitrogens is 1. The molecule has 96 valence electrons. The van der Waals surface area contributed by atoms with Crippen LogP contribution < -0.4 is 4.90 Å². The number of nitrogens with one attached hydrogen (secondary N) is 1. The summed E-state index contributed by atoms with van der Waals surface area (Å²) in [6.07, 6.45) is 1.79. The molecule has 0 radical (unpaired) electrons. The average molecular weight is 263 g/mol. The van der Waals surface area contributed by atoms with E-state index < -0.39 is 0 Å². The predicted octanol–water partition coefficient (Wildman–Crippen LogP) is 2.55. The highest BCUT2D eigenvalue weighted by Crippen LogP contribution is 2.17. The summed E-state index contributed by atoms with van der Waals surface area (Å²) in [6.45, 7) is 4.88. The van der Waals surface area contributed by atoms with E-state index in [2.05, 4.69) is 29.0 Å². The molecule has 0 amide bonds. The number of hydrogen-bond donors (Lipinski definition) is 1. The molecule has 2 rings (SSSR count). The fraction of sp³-hybridized carbons (Fsp3) is 0.417. The molecule has 2 heterocycles. The summed E-state index contributed by atoms with van der Waals surface area (Å²) in [5.74, 6) is 0.834. The highest BCUT2D eigenvalue weighted by atomic mass is 32.1. The Morgan fingerprint density at radius 2 is 2.22 bits per heavy atom. The zero-order valence-corrected chi connectivity index (χ0v) is 11.6. The minimum atomic E-state index is 0.275. The van der Waals surface area contributed by atoms with E-state index >= 15 is 0 Å². The van der Waals surface area contributed by atoms with Gasteiger partial charge >= 0.3 is 0 Å². The lowest BCUT2D eigenvalue weighted by molar-refractivity contribution is 0.583. The predicted molar refractivity (Wildman–Crippen MR) is 74.1 cm³/mol. The Morgan fingerprint density at radius 3 is 2.83 bits per heavy atom. The molecular weight excluding hydrogens is 246 g/mol. The van der Waals surface area contributed by atoms with Gasteiger partial charge in [-0.1, -0.05) is 6.07 Å². The van der Waals surface area contributed by atoms with Crippen LogP contribution in [0.1, 0.15) is 25.6 Å². The van der Waals surface area contributed by atoms with Crippen LogP contribution in [0.15, 0.2) is 24.4 Å². The summed E-state index contributed by atoms with van der Waals surface area (Å²) in [5, 5.41) is 7.12. The van der Waals surface area contributed by atoms with Crippen molar-refractivity contribution in [2.45, 2.75) is 26.4 Å². The monoisotopic (exact) mass is 263 g/mol. The van der Waals surface area contributed by atoms with Gasteiger partial charge in [-0.05, 0) is 38.2 Å². The summed E-state index contributed by atoms with van der Waals surface area (Å²) in [6, 6.07) is 6.17. The Bertz CT molecular complexity index is 557. The van der Waals surface area contributed by atoms with Gasteiger partial charge in [0.15, 0.2) is 4.77 Å². The van der Waals surface area contributed by atoms with Crippen LogP contribution in [0.3, 0.4) is 0 Å². The highest BCUT2D eigenvalue weighted by Gasteiger charge is 2.13. The average Bonchev–Trinajstić information content (AvgIpc) is 2.72. The minimum absolute atomic E-state index is 0.275. The van der Waals surface area contributed by atoms with Crippen molar-refractivity contribution in [1.82, 2.24) is 19.7 Å². The molecule has 2 aromatic heterocycles. The second kappa shape index (κ2) is 5.30. The Kier molecular flexibility index (Phi) is 3.76. The second-order valence-corrected chi connectivity index (χ2v) is 4.86. The Morgan fingerprint density at radius 1 is 1.44 bits per heavy atom. The van der Waals surface area contributed by atoms with E-state index in [0.717, 1.165) is 11.6 Å². The SMILES string of the molecule is CC(C)n1c(N(C)Cc2ccccn2)n[nH]c1=S. The molecule has 0 bridgehead atoms. The van der Waals surface area contributed by atoms with Gasteiger partial charge in [0.05, 0.1) is 12.2 Å². The van der Waals surface area contributed by atoms with E-state index in [1.165, 1.54) is 0 Å². The van der Waals surface area contributed by atoms with Gasteiger partial charge in [0.2, 0.25) is 5.95 Å². The molecule has 0 unspecified atom stereocenters. The molecule has 0 aliphatic rings. The number of nitrogens with zero attached hydrogens (tertiary/aromatic N) is 4. The number of pyridine rings is 1. The Labute approximate surface area is 111 Å². The van der Waals surface area contributed by atoms with Crippen molar-refractivity contribution in [3.05, 3.63) is 34.9 Å². The molecule has 0 saturated heterocycles. The molecule has 0 spiro atoms. The van der Waals surface area contributed by atoms with Gasteiger partial charge in [0.1, 0.15) is 0 Å². The molecule has 0 saturated carbocycles. The third kappa shape index (κ3) is 2.59. The number of anilines is 1. The molecule has 1 N–H and O–H groups in total. The van der Waals surface area contributed by atoms with Crippen molar-refractivity contribution in [3.8, 4) is 0 Å². The first-order chi connectivity index (χ1) is 8.59. The van der Waals surface area contributed by atoms with Gasteiger partial charge in [-0.3, -0.25) is 9.55 Å². The first kappa shape index (κ1) is 12.8. The van der Waals surface area contributed by atoms with Crippen LogP contribution in [0, 0.1) is 4.77 Å². The van der Waals surface area contributed by atoms with Crippen LogP contribution in [0.25, 0.3) is 0 Å². The van der Waals surface area contributed by atoms with Crippen molar-refractivity contribution in [3.63, 3.8) is 0 Å². The maximum Gasteiger partial charge on any atom is 0.226 e. The van der Waals surface area contributed by atoms with Crippen molar-refractivity contribution in [2.24, 2.45) is 0 Å². The third-order valence-electron chi connectivity index (χ3n) is 2.67. The number of rotatable bonds is 4. The molecule has 0 aliphatic carbocycles. The zero-order valence-electron chi connectivity index (χ0n) is 10.8. The molecule has 2 aromatic rings. The lowest BCUT2D eigenvalue weighted by Gasteiger charge is -2.20. The van der Waals surface area contributed by atoms with Crippen molar-refractivity contribution in [1.29, 1.82) is 0 Å². The topological polar surface area (TPSA) is 49.7 Å². The molecule has 0 atom stereocenters. The fourth-order valence-corrected chi connectivity index (χ4v) is 2.17. The number of aromatic nitrogens is 4. The zero-order chi connectivity index (χ0) is 13.1. The van der Waals surface area contributed by atoms with Crippen molar-refractivity contribution >= 4 is 18.2 Å². The van der Waals surface area contributed by atoms with Gasteiger partial charge < -0.3 is 4.90 Å². The normalized spacial score (nSPS) is 10.9. The summed E-state index contributed by atoms with van der Waals surface area (Å²) in [7, 11) is 1.98. The van der Waals surface area contributed by atoms with Crippen LogP contribution in [-0.4, -0.2) is 26.8 Å². The maximum absolute atomic E-state index is 5.24. The van der Waals surface area contributed by atoms with Crippen molar-refractivity contribution < 1.29 is 0 Å². The van der Waals surface area contributed by atoms with E-state index in [-0.39, 0.29) is 6.04 Å². The van der Waals surface area contributed by atoms with Gasteiger partial charge in [0.25, 0.3) is 0 Å². The van der Waals surface area contributed by atoms with E-state index in [4.69, 9.17) is 12.2 Å². The summed E-state index contributed by atoms with van der Waals surface area (Å²) < 4.78 is 2.64. The lowest BCUT2D eigenvalue weighted by atomic mass is 10.3. The van der Waals surface area contributed by atoms with E-state index in [1.807, 2.05) is 34.7 Å². The third-order valence-corrected chi connectivity index (χ3v) is 2.96. The fourth-order valence-electron chi connectivity index (χ4n) is 1.84. The second-order valence-electron chi connectivity index (χ2n) is 4.47. The lowest BCUT2D eigenvalue weighted by Crippen LogP contribution is -2.22. The van der Waals surface area contributed by atoms with Crippen molar-refractivity contribution in [2.75, 3.05) is 11.9 Å². The quantitative estimate of drug-likeness (QED) is 0.861. The molecule has 0 aromatic carbocycles.